The van der Waals surface area contributed by atoms with Crippen molar-refractivity contribution in [2.24, 2.45) is 5.92 Å². The van der Waals surface area contributed by atoms with E-state index in [-0.39, 0.29) is 18.6 Å². The van der Waals surface area contributed by atoms with Crippen LogP contribution in [0.25, 0.3) is 0 Å². The van der Waals surface area contributed by atoms with Crippen LogP contribution in [0.3, 0.4) is 0 Å². The Morgan fingerprint density at radius 3 is 2.71 bits per heavy atom. The van der Waals surface area contributed by atoms with Gasteiger partial charge in [0, 0.05) is 26.8 Å². The highest BCUT2D eigenvalue weighted by Gasteiger charge is 2.07. The van der Waals surface area contributed by atoms with E-state index in [0.29, 0.717) is 25.6 Å². The van der Waals surface area contributed by atoms with Crippen LogP contribution in [0.15, 0.2) is 0 Å². The molecule has 0 aromatic heterocycles. The lowest BCUT2D eigenvalue weighted by atomic mass is 10.1. The number of aliphatic hydroxyl groups excluding tert-OH is 1. The number of amides is 1. The zero-order valence-corrected chi connectivity index (χ0v) is 11.2. The van der Waals surface area contributed by atoms with Gasteiger partial charge in [0.2, 0.25) is 5.91 Å². The van der Waals surface area contributed by atoms with Gasteiger partial charge < -0.3 is 20.5 Å². The summed E-state index contributed by atoms with van der Waals surface area (Å²) in [6, 6.07) is 0. The molecule has 0 aromatic rings. The Bertz CT molecular complexity index is 198. The highest BCUT2D eigenvalue weighted by molar-refractivity contribution is 5.77. The van der Waals surface area contributed by atoms with Gasteiger partial charge in [-0.05, 0) is 18.8 Å². The molecule has 0 aliphatic rings. The van der Waals surface area contributed by atoms with Crippen molar-refractivity contribution in [1.82, 2.24) is 10.6 Å². The monoisotopic (exact) mass is 246 g/mol. The number of hydrogen-bond acceptors (Lipinski definition) is 4. The Labute approximate surface area is 104 Å². The molecular weight excluding hydrogens is 220 g/mol. The van der Waals surface area contributed by atoms with E-state index in [0.717, 1.165) is 12.8 Å². The molecule has 0 aliphatic carbocycles. The maximum absolute atomic E-state index is 11.3. The van der Waals surface area contributed by atoms with E-state index in [1.165, 1.54) is 0 Å². The summed E-state index contributed by atoms with van der Waals surface area (Å²) in [7, 11) is 1.64. The minimum Gasteiger partial charge on any atom is -0.392 e. The average molecular weight is 246 g/mol. The minimum absolute atomic E-state index is 0.0437. The van der Waals surface area contributed by atoms with Crippen molar-refractivity contribution < 1.29 is 14.6 Å². The van der Waals surface area contributed by atoms with Gasteiger partial charge in [0.05, 0.1) is 12.6 Å². The number of carbonyl (C=O) groups excluding carboxylic acids is 1. The van der Waals surface area contributed by atoms with Gasteiger partial charge in [-0.3, -0.25) is 4.79 Å². The first-order valence-electron chi connectivity index (χ1n) is 6.20. The van der Waals surface area contributed by atoms with Gasteiger partial charge >= 0.3 is 0 Å². The van der Waals surface area contributed by atoms with Crippen molar-refractivity contribution in [3.63, 3.8) is 0 Å². The van der Waals surface area contributed by atoms with Crippen LogP contribution in [0.2, 0.25) is 0 Å². The maximum Gasteiger partial charge on any atom is 0.233 e. The highest BCUT2D eigenvalue weighted by atomic mass is 16.5. The van der Waals surface area contributed by atoms with Crippen LogP contribution in [-0.4, -0.2) is 50.5 Å². The molecule has 0 bridgehead atoms. The molecule has 0 spiro atoms. The molecule has 1 amide bonds. The summed E-state index contributed by atoms with van der Waals surface area (Å²) in [6.45, 7) is 6.12. The molecule has 17 heavy (non-hydrogen) atoms. The molecule has 1 unspecified atom stereocenters. The maximum atomic E-state index is 11.3. The Morgan fingerprint density at radius 2 is 2.12 bits per heavy atom. The fourth-order valence-corrected chi connectivity index (χ4v) is 1.49. The van der Waals surface area contributed by atoms with Gasteiger partial charge in [-0.15, -0.1) is 0 Å². The molecule has 0 saturated carbocycles. The first kappa shape index (κ1) is 16.4. The largest absolute Gasteiger partial charge is 0.392 e. The summed E-state index contributed by atoms with van der Waals surface area (Å²) in [6.07, 6.45) is 1.19. The summed E-state index contributed by atoms with van der Waals surface area (Å²) in [5, 5.41) is 15.3. The number of ether oxygens (including phenoxy) is 1. The molecule has 5 heteroatoms. The fourth-order valence-electron chi connectivity index (χ4n) is 1.49. The molecular formula is C12H26N2O3. The zero-order valence-electron chi connectivity index (χ0n) is 11.2. The van der Waals surface area contributed by atoms with E-state index in [2.05, 4.69) is 24.5 Å². The molecule has 0 aromatic carbocycles. The van der Waals surface area contributed by atoms with E-state index in [1.54, 1.807) is 7.11 Å². The first-order valence-corrected chi connectivity index (χ1v) is 6.20. The lowest BCUT2D eigenvalue weighted by Crippen LogP contribution is -2.38. The first-order chi connectivity index (χ1) is 8.06. The number of methoxy groups -OCH3 is 1. The Morgan fingerprint density at radius 1 is 1.41 bits per heavy atom. The number of carbonyl (C=O) groups is 1. The predicted molar refractivity (Wildman–Crippen MR) is 67.8 cm³/mol. The van der Waals surface area contributed by atoms with Crippen LogP contribution < -0.4 is 10.6 Å². The highest BCUT2D eigenvalue weighted by Crippen LogP contribution is 2.02. The number of nitrogens with one attached hydrogen (secondary N) is 2. The molecule has 3 N–H and O–H groups in total. The Kier molecular flexibility index (Phi) is 10.1. The van der Waals surface area contributed by atoms with Gasteiger partial charge in [-0.1, -0.05) is 13.8 Å². The smallest absolute Gasteiger partial charge is 0.233 e. The molecule has 0 heterocycles. The second-order valence-electron chi connectivity index (χ2n) is 4.61. The number of aliphatic hydroxyl groups is 1. The molecule has 102 valence electrons. The second kappa shape index (κ2) is 10.5. The second-order valence-corrected chi connectivity index (χ2v) is 4.61. The van der Waals surface area contributed by atoms with E-state index < -0.39 is 0 Å². The van der Waals surface area contributed by atoms with Gasteiger partial charge in [-0.2, -0.15) is 0 Å². The standard InChI is InChI=1S/C12H26N2O3/c1-10(2)7-11(15)8-13-9-12(16)14-5-4-6-17-3/h10-11,13,15H,4-9H2,1-3H3,(H,14,16). The van der Waals surface area contributed by atoms with Gasteiger partial charge in [-0.25, -0.2) is 0 Å². The van der Waals surface area contributed by atoms with Crippen LogP contribution in [0, 0.1) is 5.92 Å². The quantitative estimate of drug-likeness (QED) is 0.479. The number of rotatable bonds is 10. The fraction of sp³-hybridized carbons (Fsp3) is 0.917. The molecule has 1 atom stereocenters. The van der Waals surface area contributed by atoms with Crippen molar-refractivity contribution in [1.29, 1.82) is 0 Å². The summed E-state index contributed by atoms with van der Waals surface area (Å²) >= 11 is 0. The predicted octanol–water partition coefficient (Wildman–Crippen LogP) is 0.136. The lowest BCUT2D eigenvalue weighted by molar-refractivity contribution is -0.120. The van der Waals surface area contributed by atoms with Crippen molar-refractivity contribution in [3.05, 3.63) is 0 Å². The molecule has 0 aliphatic heterocycles. The van der Waals surface area contributed by atoms with E-state index >= 15 is 0 Å². The third-order valence-corrected chi connectivity index (χ3v) is 2.26. The van der Waals surface area contributed by atoms with Crippen LogP contribution in [0.5, 0.6) is 0 Å². The zero-order chi connectivity index (χ0) is 13.1. The molecule has 0 saturated heterocycles. The third kappa shape index (κ3) is 11.6. The van der Waals surface area contributed by atoms with Gasteiger partial charge in [0.1, 0.15) is 0 Å². The summed E-state index contributed by atoms with van der Waals surface area (Å²) in [4.78, 5) is 11.3. The van der Waals surface area contributed by atoms with Crippen LogP contribution in [0.1, 0.15) is 26.7 Å². The molecule has 5 nitrogen and oxygen atoms in total. The van der Waals surface area contributed by atoms with E-state index in [4.69, 9.17) is 4.74 Å². The van der Waals surface area contributed by atoms with Gasteiger partial charge in [0.15, 0.2) is 0 Å². The SMILES string of the molecule is COCCCNC(=O)CNCC(O)CC(C)C. The van der Waals surface area contributed by atoms with Crippen molar-refractivity contribution in [3.8, 4) is 0 Å². The molecule has 0 fully saturated rings. The minimum atomic E-state index is -0.378. The summed E-state index contributed by atoms with van der Waals surface area (Å²) in [5.41, 5.74) is 0. The van der Waals surface area contributed by atoms with Crippen molar-refractivity contribution in [2.75, 3.05) is 33.4 Å². The number of hydrogen-bond donors (Lipinski definition) is 3. The van der Waals surface area contributed by atoms with Crippen molar-refractivity contribution >= 4 is 5.91 Å². The normalized spacial score (nSPS) is 12.8. The molecule has 0 rings (SSSR count). The topological polar surface area (TPSA) is 70.6 Å². The Hall–Kier alpha value is -0.650. The molecule has 0 radical (unpaired) electrons. The van der Waals surface area contributed by atoms with Crippen LogP contribution in [-0.2, 0) is 9.53 Å². The summed E-state index contributed by atoms with van der Waals surface area (Å²) < 4.78 is 4.87. The van der Waals surface area contributed by atoms with E-state index in [9.17, 15) is 9.90 Å². The van der Waals surface area contributed by atoms with Crippen LogP contribution in [0.4, 0.5) is 0 Å². The van der Waals surface area contributed by atoms with E-state index in [1.807, 2.05) is 0 Å². The van der Waals surface area contributed by atoms with Gasteiger partial charge in [0.25, 0.3) is 0 Å². The average Bonchev–Trinajstić information content (AvgIpc) is 2.23. The van der Waals surface area contributed by atoms with Crippen molar-refractivity contribution in [2.45, 2.75) is 32.8 Å². The Balaban J connectivity index is 3.38. The summed E-state index contributed by atoms with van der Waals surface area (Å²) in [5.74, 6) is 0.424. The third-order valence-electron chi connectivity index (χ3n) is 2.26. The lowest BCUT2D eigenvalue weighted by Gasteiger charge is -2.13. The van der Waals surface area contributed by atoms with Crippen LogP contribution >= 0.6 is 0 Å².